The van der Waals surface area contributed by atoms with Crippen molar-refractivity contribution in [1.29, 1.82) is 0 Å². The Morgan fingerprint density at radius 3 is 2.19 bits per heavy atom. The average molecular weight is 662 g/mol. The van der Waals surface area contributed by atoms with Crippen molar-refractivity contribution in [1.82, 2.24) is 9.80 Å². The number of hydrogen-bond acceptors (Lipinski definition) is 7. The van der Waals surface area contributed by atoms with E-state index in [9.17, 15) is 27.6 Å². The molecule has 3 aliphatic heterocycles. The van der Waals surface area contributed by atoms with Gasteiger partial charge in [0.1, 0.15) is 11.5 Å². The predicted molar refractivity (Wildman–Crippen MR) is 168 cm³/mol. The number of esters is 1. The summed E-state index contributed by atoms with van der Waals surface area (Å²) in [5.74, 6) is -1.62. The van der Waals surface area contributed by atoms with Gasteiger partial charge in [-0.25, -0.2) is 4.39 Å². The molecule has 2 aromatic carbocycles. The van der Waals surface area contributed by atoms with Gasteiger partial charge in [0.05, 0.1) is 31.7 Å². The Bertz CT molecular complexity index is 1440. The van der Waals surface area contributed by atoms with Gasteiger partial charge in [0, 0.05) is 50.9 Å². The van der Waals surface area contributed by atoms with Crippen molar-refractivity contribution in [3.05, 3.63) is 59.2 Å². The van der Waals surface area contributed by atoms with Gasteiger partial charge in [-0.15, -0.1) is 0 Å². The maximum Gasteiger partial charge on any atom is 0.416 e. The topological polar surface area (TPSA) is 79.4 Å². The molecule has 3 aliphatic rings. The second-order valence-corrected chi connectivity index (χ2v) is 12.9. The van der Waals surface area contributed by atoms with Crippen LogP contribution >= 0.6 is 0 Å². The summed E-state index contributed by atoms with van der Waals surface area (Å²) in [6.45, 7) is 4.86. The first-order chi connectivity index (χ1) is 22.3. The lowest BCUT2D eigenvalue weighted by Crippen LogP contribution is -2.52. The summed E-state index contributed by atoms with van der Waals surface area (Å²) in [6, 6.07) is 10.8. The van der Waals surface area contributed by atoms with Crippen LogP contribution in [0, 0.1) is 5.92 Å². The first-order valence-electron chi connectivity index (χ1n) is 16.3. The molecule has 0 aliphatic carbocycles. The summed E-state index contributed by atoms with van der Waals surface area (Å²) in [7, 11) is 1.54. The Hall–Kier alpha value is -3.67. The normalized spacial score (nSPS) is 23.2. The Morgan fingerprint density at radius 1 is 0.957 bits per heavy atom. The predicted octanol–water partition coefficient (Wildman–Crippen LogP) is 5.60. The van der Waals surface area contributed by atoms with Crippen molar-refractivity contribution in [3.63, 3.8) is 0 Å². The lowest BCUT2D eigenvalue weighted by atomic mass is 9.83. The molecule has 3 fully saturated rings. The molecular weight excluding hydrogens is 618 g/mol. The van der Waals surface area contributed by atoms with Gasteiger partial charge in [0.15, 0.2) is 0 Å². The molecule has 0 saturated carbocycles. The largest absolute Gasteiger partial charge is 0.497 e. The second kappa shape index (κ2) is 14.2. The molecule has 0 bridgehead atoms. The van der Waals surface area contributed by atoms with Crippen LogP contribution in [-0.2, 0) is 25.3 Å². The van der Waals surface area contributed by atoms with Crippen LogP contribution in [0.1, 0.15) is 68.1 Å². The number of carbonyl (C=O) groups excluding carboxylic acids is 3. The number of nitrogens with zero attached hydrogens (tertiary/aromatic N) is 3. The molecule has 2 atom stereocenters. The molecule has 0 radical (unpaired) electrons. The Kier molecular flexibility index (Phi) is 10.5. The molecule has 12 heteroatoms. The fourth-order valence-electron chi connectivity index (χ4n) is 7.37. The van der Waals surface area contributed by atoms with Crippen molar-refractivity contribution >= 4 is 23.3 Å². The fraction of sp³-hybridized carbons (Fsp3) is 0.571. The Labute approximate surface area is 273 Å². The minimum Gasteiger partial charge on any atom is -0.497 e. The van der Waals surface area contributed by atoms with Gasteiger partial charge in [-0.3, -0.25) is 19.3 Å². The highest BCUT2D eigenvalue weighted by Gasteiger charge is 2.55. The molecule has 256 valence electrons. The number of carbonyl (C=O) groups is 3. The Morgan fingerprint density at radius 2 is 1.62 bits per heavy atom. The fourth-order valence-corrected chi connectivity index (χ4v) is 7.37. The summed E-state index contributed by atoms with van der Waals surface area (Å²) >= 11 is 0. The minimum atomic E-state index is -4.51. The number of hydrogen-bond donors (Lipinski definition) is 0. The van der Waals surface area contributed by atoms with E-state index in [0.717, 1.165) is 11.6 Å². The number of rotatable bonds is 9. The SMILES string of the molecule is CCOC(=O)C1CCN(c2cc(C(F)(F)F)ccc2C2CCN(C(=O)[C@]3(F)CN(CC(C)=O)C[C@H]3c3ccc(OC)cc3)CC2)CC1. The van der Waals surface area contributed by atoms with Crippen LogP contribution in [0.15, 0.2) is 42.5 Å². The summed E-state index contributed by atoms with van der Waals surface area (Å²) < 4.78 is 68.8. The number of likely N-dealkylation sites (tertiary alicyclic amines) is 2. The molecule has 3 saturated heterocycles. The highest BCUT2D eigenvalue weighted by Crippen LogP contribution is 2.44. The lowest BCUT2D eigenvalue weighted by Gasteiger charge is -2.39. The van der Waals surface area contributed by atoms with E-state index in [1.807, 2.05) is 4.90 Å². The van der Waals surface area contributed by atoms with Crippen LogP contribution in [0.5, 0.6) is 5.75 Å². The van der Waals surface area contributed by atoms with Gasteiger partial charge in [-0.1, -0.05) is 18.2 Å². The molecule has 47 heavy (non-hydrogen) atoms. The first-order valence-corrected chi connectivity index (χ1v) is 16.3. The van der Waals surface area contributed by atoms with E-state index in [2.05, 4.69) is 0 Å². The van der Waals surface area contributed by atoms with Crippen LogP contribution in [0.25, 0.3) is 0 Å². The number of ether oxygens (including phenoxy) is 2. The number of Topliss-reactive ketones (excluding diaryl/α,β-unsaturated/α-hetero) is 1. The summed E-state index contributed by atoms with van der Waals surface area (Å²) in [4.78, 5) is 43.2. The Balaban J connectivity index is 1.33. The van der Waals surface area contributed by atoms with E-state index in [1.165, 1.54) is 31.1 Å². The third-order valence-corrected chi connectivity index (χ3v) is 9.80. The highest BCUT2D eigenvalue weighted by atomic mass is 19.4. The van der Waals surface area contributed by atoms with E-state index >= 15 is 4.39 Å². The minimum absolute atomic E-state index is 0.0431. The standard InChI is InChI=1S/C35H43F4N3O5/c1-4-47-32(44)26-13-15-41(16-14-26)31-19-27(35(37,38)39)7-10-29(31)24-11-17-42(18-12-24)33(45)34(36)22-40(20-23(2)43)21-30(34)25-5-8-28(46-3)9-6-25/h5-10,19,24,26,30H,4,11-18,20-22H2,1-3H3/t30-,34-/m0/s1. The molecule has 0 N–H and O–H groups in total. The molecule has 0 aromatic heterocycles. The van der Waals surface area contributed by atoms with E-state index in [4.69, 9.17) is 9.47 Å². The summed E-state index contributed by atoms with van der Waals surface area (Å²) in [5.41, 5.74) is -1.09. The van der Waals surface area contributed by atoms with Crippen molar-refractivity contribution in [2.75, 3.05) is 64.4 Å². The quantitative estimate of drug-likeness (QED) is 0.256. The van der Waals surface area contributed by atoms with Crippen molar-refractivity contribution in [2.24, 2.45) is 5.92 Å². The van der Waals surface area contributed by atoms with Crippen LogP contribution in [0.2, 0.25) is 0 Å². The molecule has 0 spiro atoms. The zero-order chi connectivity index (χ0) is 33.9. The molecule has 1 amide bonds. The zero-order valence-electron chi connectivity index (χ0n) is 27.2. The van der Waals surface area contributed by atoms with Crippen molar-refractivity contribution < 1.29 is 41.4 Å². The number of ketones is 1. The zero-order valence-corrected chi connectivity index (χ0v) is 27.2. The molecule has 8 nitrogen and oxygen atoms in total. The number of piperidine rings is 2. The van der Waals surface area contributed by atoms with Crippen molar-refractivity contribution in [3.8, 4) is 5.75 Å². The highest BCUT2D eigenvalue weighted by molar-refractivity contribution is 5.88. The van der Waals surface area contributed by atoms with Gasteiger partial charge in [0.25, 0.3) is 5.91 Å². The van der Waals surface area contributed by atoms with E-state index < -0.39 is 29.2 Å². The average Bonchev–Trinajstić information content (AvgIpc) is 3.39. The number of benzene rings is 2. The number of amides is 1. The third kappa shape index (κ3) is 7.58. The number of halogens is 4. The number of alkyl halides is 4. The van der Waals surface area contributed by atoms with Gasteiger partial charge in [-0.2, -0.15) is 13.2 Å². The molecule has 2 aromatic rings. The van der Waals surface area contributed by atoms with Gasteiger partial charge >= 0.3 is 12.1 Å². The van der Waals surface area contributed by atoms with Crippen LogP contribution in [0.4, 0.5) is 23.2 Å². The third-order valence-electron chi connectivity index (χ3n) is 9.80. The molecular formula is C35H43F4N3O5. The van der Waals surface area contributed by atoms with E-state index in [1.54, 1.807) is 36.1 Å². The van der Waals surface area contributed by atoms with Gasteiger partial charge < -0.3 is 19.3 Å². The number of methoxy groups -OCH3 is 1. The summed E-state index contributed by atoms with van der Waals surface area (Å²) in [6.07, 6.45) is -2.63. The van der Waals surface area contributed by atoms with Gasteiger partial charge in [0.2, 0.25) is 5.67 Å². The van der Waals surface area contributed by atoms with Crippen LogP contribution in [0.3, 0.4) is 0 Å². The second-order valence-electron chi connectivity index (χ2n) is 12.9. The smallest absolute Gasteiger partial charge is 0.416 e. The monoisotopic (exact) mass is 661 g/mol. The van der Waals surface area contributed by atoms with Crippen LogP contribution in [-0.4, -0.2) is 92.7 Å². The molecule has 3 heterocycles. The number of anilines is 1. The van der Waals surface area contributed by atoms with Gasteiger partial charge in [-0.05, 0) is 80.8 Å². The molecule has 5 rings (SSSR count). The van der Waals surface area contributed by atoms with E-state index in [0.29, 0.717) is 55.8 Å². The molecule has 0 unspecified atom stereocenters. The maximum atomic E-state index is 17.0. The summed E-state index contributed by atoms with van der Waals surface area (Å²) in [5, 5.41) is 0. The maximum absolute atomic E-state index is 17.0. The van der Waals surface area contributed by atoms with E-state index in [-0.39, 0.29) is 62.9 Å². The van der Waals surface area contributed by atoms with Crippen LogP contribution < -0.4 is 9.64 Å². The van der Waals surface area contributed by atoms with Crippen molar-refractivity contribution in [2.45, 2.75) is 63.2 Å². The lowest BCUT2D eigenvalue weighted by molar-refractivity contribution is -0.148. The first kappa shape index (κ1) is 34.7.